The number of aromatic hydroxyl groups is 1. The van der Waals surface area contributed by atoms with E-state index in [-0.39, 0.29) is 11.1 Å². The fourth-order valence-electron chi connectivity index (χ4n) is 1.11. The van der Waals surface area contributed by atoms with Gasteiger partial charge in [0.05, 0.1) is 10.5 Å². The van der Waals surface area contributed by atoms with Crippen molar-refractivity contribution in [2.45, 2.75) is 6.92 Å². The molecule has 6 nitrogen and oxygen atoms in total. The van der Waals surface area contributed by atoms with E-state index in [1.54, 1.807) is 6.07 Å². The topological polar surface area (TPSA) is 104 Å². The van der Waals surface area contributed by atoms with Crippen LogP contribution in [0, 0.1) is 21.4 Å². The van der Waals surface area contributed by atoms with Crippen molar-refractivity contribution in [3.63, 3.8) is 0 Å². The second-order valence-corrected chi connectivity index (χ2v) is 2.81. The minimum atomic E-state index is -0.819. The summed E-state index contributed by atoms with van der Waals surface area (Å²) in [6, 6.07) is 3.47. The first-order valence-electron chi connectivity index (χ1n) is 3.89. The standard InChI is InChI=1S/C9H6N2O4/c1-5(12)7-3-9(13)8(11(14)15)2-6(7)4-10/h2-3,13H,1H3. The molecule has 76 valence electrons. The van der Waals surface area contributed by atoms with Crippen LogP contribution in [0.3, 0.4) is 0 Å². The molecule has 1 N–H and O–H groups in total. The van der Waals surface area contributed by atoms with Gasteiger partial charge in [0, 0.05) is 11.6 Å². The van der Waals surface area contributed by atoms with Gasteiger partial charge in [-0.15, -0.1) is 0 Å². The molecule has 15 heavy (non-hydrogen) atoms. The van der Waals surface area contributed by atoms with E-state index in [4.69, 9.17) is 5.26 Å². The first kappa shape index (κ1) is 10.7. The lowest BCUT2D eigenvalue weighted by Gasteiger charge is -2.01. The molecular weight excluding hydrogens is 200 g/mol. The van der Waals surface area contributed by atoms with Gasteiger partial charge in [-0.05, 0) is 13.0 Å². The number of hydrogen-bond acceptors (Lipinski definition) is 5. The number of ketones is 1. The molecule has 0 saturated carbocycles. The van der Waals surface area contributed by atoms with E-state index in [0.29, 0.717) is 0 Å². The van der Waals surface area contributed by atoms with Crippen molar-refractivity contribution >= 4 is 11.5 Å². The highest BCUT2D eigenvalue weighted by Crippen LogP contribution is 2.29. The predicted molar refractivity (Wildman–Crippen MR) is 49.5 cm³/mol. The number of nitriles is 1. The number of nitro benzene ring substituents is 1. The first-order valence-corrected chi connectivity index (χ1v) is 3.89. The lowest BCUT2D eigenvalue weighted by Crippen LogP contribution is -1.99. The van der Waals surface area contributed by atoms with Gasteiger partial charge in [0.1, 0.15) is 6.07 Å². The molecule has 0 unspecified atom stereocenters. The van der Waals surface area contributed by atoms with Crippen LogP contribution >= 0.6 is 0 Å². The monoisotopic (exact) mass is 206 g/mol. The Bertz CT molecular complexity index is 488. The maximum atomic E-state index is 11.0. The van der Waals surface area contributed by atoms with Gasteiger partial charge in [-0.25, -0.2) is 0 Å². The first-order chi connectivity index (χ1) is 6.97. The van der Waals surface area contributed by atoms with Crippen LogP contribution in [0.4, 0.5) is 5.69 Å². The molecule has 0 heterocycles. The van der Waals surface area contributed by atoms with Crippen molar-refractivity contribution in [2.24, 2.45) is 0 Å². The van der Waals surface area contributed by atoms with Gasteiger partial charge in [-0.2, -0.15) is 5.26 Å². The molecule has 0 aliphatic rings. The van der Waals surface area contributed by atoms with Gasteiger partial charge in [-0.3, -0.25) is 14.9 Å². The summed E-state index contributed by atoms with van der Waals surface area (Å²) in [4.78, 5) is 20.6. The zero-order valence-electron chi connectivity index (χ0n) is 7.72. The molecule has 0 spiro atoms. The van der Waals surface area contributed by atoms with Crippen LogP contribution < -0.4 is 0 Å². The lowest BCUT2D eigenvalue weighted by atomic mass is 10.0. The van der Waals surface area contributed by atoms with Crippen molar-refractivity contribution in [2.75, 3.05) is 0 Å². The molecule has 1 aromatic rings. The molecule has 0 aliphatic heterocycles. The fraction of sp³-hybridized carbons (Fsp3) is 0.111. The summed E-state index contributed by atoms with van der Waals surface area (Å²) in [5.74, 6) is -1.05. The molecule has 0 aromatic heterocycles. The number of carbonyl (C=O) groups excluding carboxylic acids is 1. The van der Waals surface area contributed by atoms with Crippen molar-refractivity contribution < 1.29 is 14.8 Å². The van der Waals surface area contributed by atoms with E-state index in [9.17, 15) is 20.0 Å². The maximum Gasteiger partial charge on any atom is 0.312 e. The molecule has 0 bridgehead atoms. The van der Waals surface area contributed by atoms with Crippen LogP contribution in [0.15, 0.2) is 12.1 Å². The van der Waals surface area contributed by atoms with Gasteiger partial charge in [0.2, 0.25) is 0 Å². The molecule has 1 aromatic carbocycles. The van der Waals surface area contributed by atoms with Crippen molar-refractivity contribution in [3.05, 3.63) is 33.4 Å². The zero-order valence-corrected chi connectivity index (χ0v) is 7.72. The number of nitro groups is 1. The van der Waals surface area contributed by atoms with Gasteiger partial charge in [-0.1, -0.05) is 0 Å². The van der Waals surface area contributed by atoms with Gasteiger partial charge in [0.25, 0.3) is 0 Å². The molecule has 0 amide bonds. The summed E-state index contributed by atoms with van der Waals surface area (Å²) in [5, 5.41) is 28.3. The predicted octanol–water partition coefficient (Wildman–Crippen LogP) is 1.37. The molecule has 0 radical (unpaired) electrons. The highest BCUT2D eigenvalue weighted by molar-refractivity contribution is 5.97. The smallest absolute Gasteiger partial charge is 0.312 e. The highest BCUT2D eigenvalue weighted by atomic mass is 16.6. The second kappa shape index (κ2) is 3.75. The van der Waals surface area contributed by atoms with E-state index >= 15 is 0 Å². The van der Waals surface area contributed by atoms with Crippen LogP contribution in [0.2, 0.25) is 0 Å². The zero-order chi connectivity index (χ0) is 11.6. The third-order valence-corrected chi connectivity index (χ3v) is 1.81. The SMILES string of the molecule is CC(=O)c1cc(O)c([N+](=O)[O-])cc1C#N. The largest absolute Gasteiger partial charge is 0.502 e. The average Bonchev–Trinajstić information content (AvgIpc) is 2.16. The molecule has 0 fully saturated rings. The van der Waals surface area contributed by atoms with E-state index < -0.39 is 22.1 Å². The molecule has 6 heteroatoms. The fourth-order valence-corrected chi connectivity index (χ4v) is 1.11. The third-order valence-electron chi connectivity index (χ3n) is 1.81. The summed E-state index contributed by atoms with van der Waals surface area (Å²) in [6.45, 7) is 1.21. The Kier molecular flexibility index (Phi) is 2.67. The number of nitrogens with zero attached hydrogens (tertiary/aromatic N) is 2. The Hall–Kier alpha value is -2.42. The summed E-state index contributed by atoms with van der Waals surface area (Å²) in [7, 11) is 0. The van der Waals surface area contributed by atoms with Crippen LogP contribution in [-0.4, -0.2) is 15.8 Å². The number of phenols is 1. The summed E-state index contributed by atoms with van der Waals surface area (Å²) in [5.41, 5.74) is -0.732. The normalized spacial score (nSPS) is 9.33. The molecule has 1 rings (SSSR count). The summed E-state index contributed by atoms with van der Waals surface area (Å²) in [6.07, 6.45) is 0. The van der Waals surface area contributed by atoms with Crippen LogP contribution in [-0.2, 0) is 0 Å². The van der Waals surface area contributed by atoms with Gasteiger partial charge < -0.3 is 5.11 Å². The highest BCUT2D eigenvalue weighted by Gasteiger charge is 2.19. The minimum Gasteiger partial charge on any atom is -0.502 e. The van der Waals surface area contributed by atoms with Crippen LogP contribution in [0.25, 0.3) is 0 Å². The minimum absolute atomic E-state index is 0.0272. The number of rotatable bonds is 2. The van der Waals surface area contributed by atoms with E-state index in [2.05, 4.69) is 0 Å². The molecule has 0 saturated heterocycles. The third kappa shape index (κ3) is 1.91. The van der Waals surface area contributed by atoms with E-state index in [1.807, 2.05) is 0 Å². The Morgan fingerprint density at radius 1 is 1.60 bits per heavy atom. The van der Waals surface area contributed by atoms with Crippen molar-refractivity contribution in [1.82, 2.24) is 0 Å². The Morgan fingerprint density at radius 2 is 2.20 bits per heavy atom. The number of Topliss-reactive ketones (excluding diaryl/α,β-unsaturated/α-hetero) is 1. The quantitative estimate of drug-likeness (QED) is 0.447. The van der Waals surface area contributed by atoms with E-state index in [1.165, 1.54) is 6.92 Å². The number of benzene rings is 1. The molecule has 0 aliphatic carbocycles. The lowest BCUT2D eigenvalue weighted by molar-refractivity contribution is -0.385. The van der Waals surface area contributed by atoms with Crippen LogP contribution in [0.1, 0.15) is 22.8 Å². The van der Waals surface area contributed by atoms with Gasteiger partial charge in [0.15, 0.2) is 11.5 Å². The van der Waals surface area contributed by atoms with E-state index in [0.717, 1.165) is 12.1 Å². The molecular formula is C9H6N2O4. The number of phenolic OH excluding ortho intramolecular Hbond substituents is 1. The van der Waals surface area contributed by atoms with Crippen molar-refractivity contribution in [1.29, 1.82) is 5.26 Å². The van der Waals surface area contributed by atoms with Crippen molar-refractivity contribution in [3.8, 4) is 11.8 Å². The number of hydrogen-bond donors (Lipinski definition) is 1. The molecule has 0 atom stereocenters. The maximum absolute atomic E-state index is 11.0. The average molecular weight is 206 g/mol. The summed E-state index contributed by atoms with van der Waals surface area (Å²) < 4.78 is 0. The Balaban J connectivity index is 3.51. The summed E-state index contributed by atoms with van der Waals surface area (Å²) >= 11 is 0. The Morgan fingerprint density at radius 3 is 2.60 bits per heavy atom. The Labute approximate surface area is 84.5 Å². The van der Waals surface area contributed by atoms with Gasteiger partial charge >= 0.3 is 5.69 Å². The number of carbonyl (C=O) groups is 1. The second-order valence-electron chi connectivity index (χ2n) is 2.81. The van der Waals surface area contributed by atoms with Crippen LogP contribution in [0.5, 0.6) is 5.75 Å².